The summed E-state index contributed by atoms with van der Waals surface area (Å²) in [7, 11) is 0. The van der Waals surface area contributed by atoms with Gasteiger partial charge < -0.3 is 27.8 Å². The van der Waals surface area contributed by atoms with E-state index in [0.29, 0.717) is 0 Å². The van der Waals surface area contributed by atoms with E-state index in [4.69, 9.17) is 15.3 Å². The first kappa shape index (κ1) is 45.6. The summed E-state index contributed by atoms with van der Waals surface area (Å²) >= 11 is 0. The first-order valence-corrected chi connectivity index (χ1v) is 26.6. The van der Waals surface area contributed by atoms with Gasteiger partial charge in [0.05, 0.1) is 22.2 Å². The predicted molar refractivity (Wildman–Crippen MR) is 330 cm³/mol. The van der Waals surface area contributed by atoms with E-state index in [2.05, 4.69) is 287 Å². The number of hydrogen-bond acceptors (Lipinski definition) is 4. The molecule has 0 N–H and O–H groups in total. The molecule has 0 aliphatic heterocycles. The molecule has 4 aromatic heterocycles. The second kappa shape index (κ2) is 18.5. The number of allylic oxidation sites excluding steroid dienone is 1. The average molecular weight is 1010 g/mol. The fraction of sp³-hybridized carbons (Fsp3) is 0.0137. The molecule has 0 unspecified atom stereocenters. The van der Waals surface area contributed by atoms with E-state index in [1.165, 1.54) is 10.8 Å². The van der Waals surface area contributed by atoms with Crippen LogP contribution >= 0.6 is 0 Å². The van der Waals surface area contributed by atoms with Crippen molar-refractivity contribution in [1.29, 1.82) is 0 Å². The molecule has 0 saturated carbocycles. The Bertz CT molecular complexity index is 4840. The third-order valence-corrected chi connectivity index (χ3v) is 15.6. The van der Waals surface area contributed by atoms with Crippen LogP contribution in [0.4, 0.5) is 34.1 Å². The Hall–Kier alpha value is -10.7. The first-order chi connectivity index (χ1) is 39.1. The zero-order valence-electron chi connectivity index (χ0n) is 43.1. The Morgan fingerprint density at radius 2 is 0.797 bits per heavy atom. The van der Waals surface area contributed by atoms with E-state index < -0.39 is 0 Å². The Labute approximate surface area is 456 Å². The van der Waals surface area contributed by atoms with Gasteiger partial charge in [-0.3, -0.25) is 0 Å². The molecule has 0 spiro atoms. The van der Waals surface area contributed by atoms with Crippen molar-refractivity contribution in [2.24, 2.45) is 0 Å². The highest BCUT2D eigenvalue weighted by Gasteiger charge is 2.23. The van der Waals surface area contributed by atoms with Gasteiger partial charge in [0.2, 0.25) is 0 Å². The van der Waals surface area contributed by atoms with Crippen LogP contribution in [0, 0.1) is 19.3 Å². The Kier molecular flexibility index (Phi) is 10.7. The van der Waals surface area contributed by atoms with Crippen molar-refractivity contribution in [3.63, 3.8) is 0 Å². The van der Waals surface area contributed by atoms with E-state index in [-0.39, 0.29) is 0 Å². The van der Waals surface area contributed by atoms with Crippen LogP contribution in [0.3, 0.4) is 0 Å². The number of benzene rings is 11. The molecule has 79 heavy (non-hydrogen) atoms. The van der Waals surface area contributed by atoms with Crippen molar-refractivity contribution in [3.05, 3.63) is 272 Å². The lowest BCUT2D eigenvalue weighted by molar-refractivity contribution is 0.665. The predicted octanol–water partition coefficient (Wildman–Crippen LogP) is 20.1. The van der Waals surface area contributed by atoms with E-state index in [9.17, 15) is 0 Å². The molecule has 15 rings (SSSR count). The van der Waals surface area contributed by atoms with Gasteiger partial charge >= 0.3 is 0 Å². The average Bonchev–Trinajstić information content (AvgIpc) is 4.45. The number of aromatic nitrogens is 2. The molecule has 0 amide bonds. The van der Waals surface area contributed by atoms with E-state index in [1.807, 2.05) is 6.08 Å². The number of furan rings is 2. The van der Waals surface area contributed by atoms with Gasteiger partial charge in [-0.15, -0.1) is 6.42 Å². The van der Waals surface area contributed by atoms with Crippen molar-refractivity contribution in [2.75, 3.05) is 9.80 Å². The fourth-order valence-corrected chi connectivity index (χ4v) is 12.1. The summed E-state index contributed by atoms with van der Waals surface area (Å²) in [5, 5.41) is 7.62. The van der Waals surface area contributed by atoms with Crippen molar-refractivity contribution in [3.8, 4) is 34.8 Å². The Morgan fingerprint density at radius 1 is 0.367 bits per heavy atom. The largest absolute Gasteiger partial charge is 0.455 e. The molecule has 0 atom stereocenters. The van der Waals surface area contributed by atoms with Crippen molar-refractivity contribution in [1.82, 2.24) is 9.13 Å². The molecule has 6 nitrogen and oxygen atoms in total. The van der Waals surface area contributed by atoms with Crippen LogP contribution in [0.1, 0.15) is 11.3 Å². The van der Waals surface area contributed by atoms with Crippen LogP contribution in [0.2, 0.25) is 0 Å². The van der Waals surface area contributed by atoms with E-state index in [1.54, 1.807) is 6.08 Å². The Balaban J connectivity index is 0.830. The highest BCUT2D eigenvalue weighted by molar-refractivity contribution is 6.16. The lowest BCUT2D eigenvalue weighted by Crippen LogP contribution is -2.09. The van der Waals surface area contributed by atoms with Gasteiger partial charge in [-0.2, -0.15) is 0 Å². The minimum Gasteiger partial charge on any atom is -0.455 e. The molecule has 11 aromatic carbocycles. The molecular weight excluding hydrogens is 965 g/mol. The smallest absolute Gasteiger partial charge is 0.143 e. The molecule has 6 heteroatoms. The quantitative estimate of drug-likeness (QED) is 0.128. The minimum absolute atomic E-state index is 0.802. The maximum Gasteiger partial charge on any atom is 0.143 e. The fourth-order valence-electron chi connectivity index (χ4n) is 12.1. The zero-order chi connectivity index (χ0) is 52.6. The van der Waals surface area contributed by atoms with Crippen LogP contribution in [0.15, 0.2) is 270 Å². The molecule has 0 aliphatic carbocycles. The lowest BCUT2D eigenvalue weighted by Gasteiger charge is -2.25. The van der Waals surface area contributed by atoms with Crippen molar-refractivity contribution >= 4 is 117 Å². The molecule has 0 fully saturated rings. The molecule has 0 saturated heterocycles. The van der Waals surface area contributed by atoms with Crippen LogP contribution in [-0.2, 0) is 0 Å². The molecule has 0 aliphatic rings. The molecule has 4 heterocycles. The Morgan fingerprint density at radius 3 is 1.30 bits per heavy atom. The van der Waals surface area contributed by atoms with E-state index in [0.717, 1.165) is 134 Å². The monoisotopic (exact) mass is 1010 g/mol. The molecule has 15 aromatic rings. The third-order valence-electron chi connectivity index (χ3n) is 15.6. The summed E-state index contributed by atoms with van der Waals surface area (Å²) in [6.07, 6.45) is 9.69. The molecule has 372 valence electrons. The van der Waals surface area contributed by atoms with Gasteiger partial charge in [-0.25, -0.2) is 0 Å². The molecular formula is C73H48N4O2. The summed E-state index contributed by atoms with van der Waals surface area (Å²) < 4.78 is 18.5. The summed E-state index contributed by atoms with van der Waals surface area (Å²) in [5.74, 6) is 2.74. The summed E-state index contributed by atoms with van der Waals surface area (Å²) in [6.45, 7) is 2.18. The topological polar surface area (TPSA) is 42.6 Å². The second-order valence-electron chi connectivity index (χ2n) is 20.0. The standard InChI is InChI=1S/C73H48N4O2/c1-3-4-34-66-48(2)62-44-53(74(49-21-9-5-10-22-49)50-23-11-6-12-24-50)36-40-68(62)76(66)55-38-42-70-64(46-55)60-32-19-30-58(72(60)78-70)59-31-20-33-61-65-47-56(39-43-71(65)79-73(59)61)77-67-35-18-17-29-57(67)63-45-54(37-41-69(63)77)75(51-25-13-7-14-26-51)52-27-15-8-16-28-52/h1,4-47H,2H3/b34-4-. The number of fused-ring (bicyclic) bond motifs is 10. The normalized spacial score (nSPS) is 11.8. The van der Waals surface area contributed by atoms with Gasteiger partial charge in [0.15, 0.2) is 0 Å². The minimum atomic E-state index is 0.802. The van der Waals surface area contributed by atoms with E-state index >= 15 is 0 Å². The highest BCUT2D eigenvalue weighted by Crippen LogP contribution is 2.45. The van der Waals surface area contributed by atoms with Crippen LogP contribution in [-0.4, -0.2) is 9.13 Å². The van der Waals surface area contributed by atoms with Gasteiger partial charge in [0.1, 0.15) is 22.3 Å². The van der Waals surface area contributed by atoms with Crippen molar-refractivity contribution in [2.45, 2.75) is 6.92 Å². The number of hydrogen-bond donors (Lipinski definition) is 0. The maximum absolute atomic E-state index is 6.89. The second-order valence-corrected chi connectivity index (χ2v) is 20.0. The van der Waals surface area contributed by atoms with Crippen LogP contribution < -0.4 is 9.80 Å². The van der Waals surface area contributed by atoms with Crippen LogP contribution in [0.25, 0.3) is 105 Å². The van der Waals surface area contributed by atoms with Crippen LogP contribution in [0.5, 0.6) is 0 Å². The lowest BCUT2D eigenvalue weighted by atomic mass is 10.00. The number of aryl methyl sites for hydroxylation is 1. The number of rotatable bonds is 10. The number of terminal acetylenes is 1. The third kappa shape index (κ3) is 7.44. The number of nitrogens with zero attached hydrogens (tertiary/aromatic N) is 4. The van der Waals surface area contributed by atoms with Gasteiger partial charge in [0.25, 0.3) is 0 Å². The van der Waals surface area contributed by atoms with Crippen molar-refractivity contribution < 1.29 is 8.83 Å². The summed E-state index contributed by atoms with van der Waals surface area (Å²) in [4.78, 5) is 4.62. The first-order valence-electron chi connectivity index (χ1n) is 26.6. The number of para-hydroxylation sites is 7. The molecule has 0 radical (unpaired) electrons. The van der Waals surface area contributed by atoms with Gasteiger partial charge in [-0.1, -0.05) is 133 Å². The number of anilines is 6. The summed E-state index contributed by atoms with van der Waals surface area (Å²) in [6, 6.07) is 90.3. The van der Waals surface area contributed by atoms with Gasteiger partial charge in [0, 0.05) is 94.3 Å². The molecule has 0 bridgehead atoms. The van der Waals surface area contributed by atoms with Gasteiger partial charge in [-0.05, 0) is 152 Å². The SMILES string of the molecule is C#C/C=C\c1c(C)c2cc(N(c3ccccc3)c3ccccc3)ccc2n1-c1ccc2oc3c(-c4cccc5c4oc4ccc(-n6c7ccccc7c7cc(N(c8ccccc8)c8ccccc8)ccc76)cc45)cccc3c2c1. The maximum atomic E-state index is 6.89. The summed E-state index contributed by atoms with van der Waals surface area (Å²) in [5.41, 5.74) is 19.3. The zero-order valence-corrected chi connectivity index (χ0v) is 43.1. The highest BCUT2D eigenvalue weighted by atomic mass is 16.3.